The van der Waals surface area contributed by atoms with Crippen molar-refractivity contribution < 1.29 is 14.6 Å². The van der Waals surface area contributed by atoms with Gasteiger partial charge in [-0.25, -0.2) is 0 Å². The first kappa shape index (κ1) is 13.9. The third kappa shape index (κ3) is 4.78. The van der Waals surface area contributed by atoms with Crippen LogP contribution in [0.4, 0.5) is 0 Å². The molecule has 1 fully saturated rings. The highest BCUT2D eigenvalue weighted by molar-refractivity contribution is 4.83. The van der Waals surface area contributed by atoms with Crippen LogP contribution in [0.1, 0.15) is 27.7 Å². The zero-order chi connectivity index (χ0) is 12.2. The standard InChI is InChI=1S/C12H25NO3/c1-5-15-8-11(14)7-13-6-10(2)16-12(3,4)9-13/h10-11,14H,5-9H2,1-4H3. The van der Waals surface area contributed by atoms with Crippen molar-refractivity contribution in [2.45, 2.75) is 45.5 Å². The Balaban J connectivity index is 2.35. The van der Waals surface area contributed by atoms with Crippen LogP contribution in [-0.2, 0) is 9.47 Å². The Hall–Kier alpha value is -0.160. The number of aliphatic hydroxyl groups is 1. The molecular formula is C12H25NO3. The smallest absolute Gasteiger partial charge is 0.0900 e. The molecule has 96 valence electrons. The SMILES string of the molecule is CCOCC(O)CN1CC(C)OC(C)(C)C1. The van der Waals surface area contributed by atoms with Crippen molar-refractivity contribution in [3.63, 3.8) is 0 Å². The third-order valence-corrected chi connectivity index (χ3v) is 2.62. The average molecular weight is 231 g/mol. The van der Waals surface area contributed by atoms with Gasteiger partial charge in [-0.15, -0.1) is 0 Å². The molecular weight excluding hydrogens is 206 g/mol. The van der Waals surface area contributed by atoms with E-state index in [1.807, 2.05) is 6.92 Å². The molecule has 0 aromatic carbocycles. The van der Waals surface area contributed by atoms with Gasteiger partial charge < -0.3 is 14.6 Å². The van der Waals surface area contributed by atoms with Gasteiger partial charge in [-0.05, 0) is 27.7 Å². The molecule has 4 nitrogen and oxygen atoms in total. The van der Waals surface area contributed by atoms with Crippen LogP contribution in [0.3, 0.4) is 0 Å². The summed E-state index contributed by atoms with van der Waals surface area (Å²) in [7, 11) is 0. The van der Waals surface area contributed by atoms with Gasteiger partial charge >= 0.3 is 0 Å². The first-order valence-electron chi connectivity index (χ1n) is 6.09. The van der Waals surface area contributed by atoms with E-state index in [1.54, 1.807) is 0 Å². The zero-order valence-corrected chi connectivity index (χ0v) is 10.9. The fourth-order valence-electron chi connectivity index (χ4n) is 2.33. The number of aliphatic hydroxyl groups excluding tert-OH is 1. The number of ether oxygens (including phenoxy) is 2. The van der Waals surface area contributed by atoms with Gasteiger partial charge in [-0.1, -0.05) is 0 Å². The van der Waals surface area contributed by atoms with Gasteiger partial charge in [0.15, 0.2) is 0 Å². The number of hydrogen-bond donors (Lipinski definition) is 1. The summed E-state index contributed by atoms with van der Waals surface area (Å²) in [6.45, 7) is 11.7. The topological polar surface area (TPSA) is 41.9 Å². The molecule has 0 aliphatic carbocycles. The van der Waals surface area contributed by atoms with Crippen LogP contribution in [0.15, 0.2) is 0 Å². The first-order valence-corrected chi connectivity index (χ1v) is 6.09. The summed E-state index contributed by atoms with van der Waals surface area (Å²) in [4.78, 5) is 2.25. The Morgan fingerprint density at radius 1 is 1.56 bits per heavy atom. The molecule has 1 aliphatic heterocycles. The number of β-amino-alcohol motifs (C(OH)–C–C–N with tert-alkyl or cyclic N) is 1. The van der Waals surface area contributed by atoms with Crippen molar-refractivity contribution >= 4 is 0 Å². The van der Waals surface area contributed by atoms with E-state index in [-0.39, 0.29) is 11.7 Å². The fraction of sp³-hybridized carbons (Fsp3) is 1.00. The van der Waals surface area contributed by atoms with Gasteiger partial charge in [0, 0.05) is 26.2 Å². The minimum absolute atomic E-state index is 0.122. The van der Waals surface area contributed by atoms with Crippen molar-refractivity contribution in [3.8, 4) is 0 Å². The molecule has 0 bridgehead atoms. The summed E-state index contributed by atoms with van der Waals surface area (Å²) in [5.74, 6) is 0. The van der Waals surface area contributed by atoms with Crippen LogP contribution < -0.4 is 0 Å². The average Bonchev–Trinajstić information content (AvgIpc) is 2.11. The number of rotatable bonds is 5. The van der Waals surface area contributed by atoms with Crippen LogP contribution in [0.2, 0.25) is 0 Å². The molecule has 2 atom stereocenters. The first-order chi connectivity index (χ1) is 7.43. The van der Waals surface area contributed by atoms with Crippen molar-refractivity contribution in [1.82, 2.24) is 4.90 Å². The minimum Gasteiger partial charge on any atom is -0.389 e. The Morgan fingerprint density at radius 2 is 2.25 bits per heavy atom. The predicted octanol–water partition coefficient (Wildman–Crippen LogP) is 0.883. The molecule has 0 spiro atoms. The van der Waals surface area contributed by atoms with Crippen molar-refractivity contribution in [3.05, 3.63) is 0 Å². The Bertz CT molecular complexity index is 208. The number of morpholine rings is 1. The van der Waals surface area contributed by atoms with E-state index in [4.69, 9.17) is 9.47 Å². The van der Waals surface area contributed by atoms with Gasteiger partial charge in [0.2, 0.25) is 0 Å². The van der Waals surface area contributed by atoms with Crippen molar-refractivity contribution in [2.75, 3.05) is 32.8 Å². The third-order valence-electron chi connectivity index (χ3n) is 2.62. The van der Waals surface area contributed by atoms with Crippen LogP contribution >= 0.6 is 0 Å². The van der Waals surface area contributed by atoms with E-state index >= 15 is 0 Å². The summed E-state index contributed by atoms with van der Waals surface area (Å²) in [5, 5.41) is 9.78. The normalized spacial score (nSPS) is 27.9. The summed E-state index contributed by atoms with van der Waals surface area (Å²) in [6, 6.07) is 0. The monoisotopic (exact) mass is 231 g/mol. The minimum atomic E-state index is -0.402. The van der Waals surface area contributed by atoms with E-state index < -0.39 is 6.10 Å². The Morgan fingerprint density at radius 3 is 2.81 bits per heavy atom. The second-order valence-electron chi connectivity index (χ2n) is 5.20. The van der Waals surface area contributed by atoms with Gasteiger partial charge in [-0.3, -0.25) is 4.90 Å². The summed E-state index contributed by atoms with van der Waals surface area (Å²) < 4.78 is 11.0. The lowest BCUT2D eigenvalue weighted by atomic mass is 10.1. The van der Waals surface area contributed by atoms with Crippen LogP contribution in [0.25, 0.3) is 0 Å². The molecule has 0 amide bonds. The van der Waals surface area contributed by atoms with Crippen molar-refractivity contribution in [2.24, 2.45) is 0 Å². The largest absolute Gasteiger partial charge is 0.389 e. The van der Waals surface area contributed by atoms with Gasteiger partial charge in [0.05, 0.1) is 24.4 Å². The van der Waals surface area contributed by atoms with E-state index in [2.05, 4.69) is 25.7 Å². The second-order valence-corrected chi connectivity index (χ2v) is 5.20. The molecule has 1 heterocycles. The maximum absolute atomic E-state index is 9.78. The maximum Gasteiger partial charge on any atom is 0.0900 e. The van der Waals surface area contributed by atoms with E-state index in [0.717, 1.165) is 13.1 Å². The quantitative estimate of drug-likeness (QED) is 0.763. The second kappa shape index (κ2) is 5.96. The lowest BCUT2D eigenvalue weighted by molar-refractivity contribution is -0.135. The lowest BCUT2D eigenvalue weighted by Gasteiger charge is -2.42. The highest BCUT2D eigenvalue weighted by Gasteiger charge is 2.31. The maximum atomic E-state index is 9.78. The number of nitrogens with zero attached hydrogens (tertiary/aromatic N) is 1. The molecule has 1 N–H and O–H groups in total. The molecule has 0 radical (unpaired) electrons. The van der Waals surface area contributed by atoms with Gasteiger partial charge in [0.25, 0.3) is 0 Å². The van der Waals surface area contributed by atoms with E-state index in [0.29, 0.717) is 19.8 Å². The molecule has 1 aliphatic rings. The van der Waals surface area contributed by atoms with Gasteiger partial charge in [-0.2, -0.15) is 0 Å². The molecule has 1 saturated heterocycles. The van der Waals surface area contributed by atoms with Crippen LogP contribution in [0, 0.1) is 0 Å². The molecule has 16 heavy (non-hydrogen) atoms. The number of hydrogen-bond acceptors (Lipinski definition) is 4. The van der Waals surface area contributed by atoms with Gasteiger partial charge in [0.1, 0.15) is 0 Å². The Kier molecular flexibility index (Phi) is 5.18. The predicted molar refractivity (Wildman–Crippen MR) is 63.6 cm³/mol. The zero-order valence-electron chi connectivity index (χ0n) is 10.9. The molecule has 0 aromatic rings. The molecule has 0 saturated carbocycles. The van der Waals surface area contributed by atoms with Crippen LogP contribution in [-0.4, -0.2) is 60.7 Å². The van der Waals surface area contributed by atoms with Crippen LogP contribution in [0.5, 0.6) is 0 Å². The molecule has 0 aromatic heterocycles. The molecule has 1 rings (SSSR count). The molecule has 2 unspecified atom stereocenters. The molecule has 4 heteroatoms. The fourth-order valence-corrected chi connectivity index (χ4v) is 2.33. The van der Waals surface area contributed by atoms with E-state index in [1.165, 1.54) is 0 Å². The lowest BCUT2D eigenvalue weighted by Crippen LogP contribution is -2.53. The highest BCUT2D eigenvalue weighted by atomic mass is 16.5. The van der Waals surface area contributed by atoms with E-state index in [9.17, 15) is 5.11 Å². The summed E-state index contributed by atoms with van der Waals surface area (Å²) in [5.41, 5.74) is -0.122. The highest BCUT2D eigenvalue weighted by Crippen LogP contribution is 2.20. The van der Waals surface area contributed by atoms with Crippen molar-refractivity contribution in [1.29, 1.82) is 0 Å². The Labute approximate surface area is 98.5 Å². The summed E-state index contributed by atoms with van der Waals surface area (Å²) >= 11 is 0. The summed E-state index contributed by atoms with van der Waals surface area (Å²) in [6.07, 6.45) is -0.177.